The van der Waals surface area contributed by atoms with Crippen molar-refractivity contribution in [2.75, 3.05) is 12.3 Å². The summed E-state index contributed by atoms with van der Waals surface area (Å²) in [4.78, 5) is 23.6. The predicted octanol–water partition coefficient (Wildman–Crippen LogP) is 6.83. The van der Waals surface area contributed by atoms with Crippen molar-refractivity contribution in [3.05, 3.63) is 170 Å². The SMILES string of the molecule is CC(=O)Oc1ccc([P+](CC[P+](c2ccccc2)(c2ccccc2)c2ccc(OC(C)=O)cc2)(c2ccccc2)c2ccccc2)cc1. The van der Waals surface area contributed by atoms with Gasteiger partial charge in [-0.05, 0) is 97.1 Å². The van der Waals surface area contributed by atoms with Crippen LogP contribution in [-0.4, -0.2) is 24.3 Å². The van der Waals surface area contributed by atoms with Crippen molar-refractivity contribution in [3.8, 4) is 11.5 Å². The van der Waals surface area contributed by atoms with Gasteiger partial charge in [-0.2, -0.15) is 0 Å². The third-order valence-corrected chi connectivity index (χ3v) is 17.9. The number of rotatable bonds is 11. The Balaban J connectivity index is 1.59. The molecule has 48 heavy (non-hydrogen) atoms. The first kappa shape index (κ1) is 33.0. The molecule has 0 saturated heterocycles. The van der Waals surface area contributed by atoms with E-state index in [0.717, 1.165) is 12.3 Å². The molecule has 0 aliphatic rings. The van der Waals surface area contributed by atoms with E-state index in [-0.39, 0.29) is 11.9 Å². The second-order valence-electron chi connectivity index (χ2n) is 11.6. The number of carbonyl (C=O) groups is 2. The van der Waals surface area contributed by atoms with Crippen molar-refractivity contribution in [2.24, 2.45) is 0 Å². The Morgan fingerprint density at radius 1 is 0.375 bits per heavy atom. The lowest BCUT2D eigenvalue weighted by Crippen LogP contribution is -2.39. The first-order chi connectivity index (χ1) is 23.4. The highest BCUT2D eigenvalue weighted by molar-refractivity contribution is 7.99. The van der Waals surface area contributed by atoms with E-state index in [4.69, 9.17) is 9.47 Å². The molecule has 238 valence electrons. The van der Waals surface area contributed by atoms with Gasteiger partial charge < -0.3 is 9.47 Å². The van der Waals surface area contributed by atoms with E-state index in [1.165, 1.54) is 45.7 Å². The topological polar surface area (TPSA) is 52.6 Å². The van der Waals surface area contributed by atoms with Gasteiger partial charge in [0.05, 0.1) is 0 Å². The van der Waals surface area contributed by atoms with E-state index >= 15 is 0 Å². The molecule has 0 fully saturated rings. The zero-order chi connectivity index (χ0) is 33.4. The number of carbonyl (C=O) groups excluding carboxylic acids is 2. The summed E-state index contributed by atoms with van der Waals surface area (Å²) in [5.74, 6) is 0.396. The Hall–Kier alpha value is -4.88. The number of esters is 2. The summed E-state index contributed by atoms with van der Waals surface area (Å²) in [6, 6.07) is 59.7. The third-order valence-electron chi connectivity index (χ3n) is 8.64. The van der Waals surface area contributed by atoms with Gasteiger partial charge in [-0.15, -0.1) is 0 Å². The maximum atomic E-state index is 11.8. The molecular weight excluding hydrogens is 630 g/mol. The Bertz CT molecular complexity index is 1720. The Labute approximate surface area is 284 Å². The average molecular weight is 669 g/mol. The molecule has 0 atom stereocenters. The van der Waals surface area contributed by atoms with Crippen LogP contribution in [0.1, 0.15) is 13.8 Å². The van der Waals surface area contributed by atoms with Gasteiger partial charge in [0.2, 0.25) is 0 Å². The Morgan fingerprint density at radius 3 is 0.833 bits per heavy atom. The molecule has 0 aromatic heterocycles. The molecule has 0 aliphatic heterocycles. The van der Waals surface area contributed by atoms with Crippen LogP contribution in [0.15, 0.2) is 170 Å². The van der Waals surface area contributed by atoms with E-state index in [1.54, 1.807) is 0 Å². The molecule has 6 rings (SSSR count). The van der Waals surface area contributed by atoms with Crippen molar-refractivity contribution in [1.29, 1.82) is 0 Å². The highest BCUT2D eigenvalue weighted by atomic mass is 31.2. The summed E-state index contributed by atoms with van der Waals surface area (Å²) < 4.78 is 10.9. The number of hydrogen-bond donors (Lipinski definition) is 0. The molecule has 4 nitrogen and oxygen atoms in total. The van der Waals surface area contributed by atoms with Crippen LogP contribution in [0.3, 0.4) is 0 Å². The number of hydrogen-bond acceptors (Lipinski definition) is 4. The van der Waals surface area contributed by atoms with Crippen molar-refractivity contribution in [2.45, 2.75) is 13.8 Å². The fourth-order valence-electron chi connectivity index (χ4n) is 6.57. The number of benzene rings is 6. The lowest BCUT2D eigenvalue weighted by molar-refractivity contribution is -0.132. The minimum Gasteiger partial charge on any atom is -0.427 e. The summed E-state index contributed by atoms with van der Waals surface area (Å²) in [5.41, 5.74) is 0. The Kier molecular flexibility index (Phi) is 10.3. The highest BCUT2D eigenvalue weighted by Crippen LogP contribution is 2.62. The smallest absolute Gasteiger partial charge is 0.308 e. The maximum Gasteiger partial charge on any atom is 0.308 e. The molecule has 6 aromatic rings. The van der Waals surface area contributed by atoms with E-state index in [9.17, 15) is 9.59 Å². The van der Waals surface area contributed by atoms with Gasteiger partial charge in [-0.1, -0.05) is 72.8 Å². The summed E-state index contributed by atoms with van der Waals surface area (Å²) in [6.07, 6.45) is 1.77. The first-order valence-corrected chi connectivity index (χ1v) is 19.9. The summed E-state index contributed by atoms with van der Waals surface area (Å²) in [5, 5.41) is 7.61. The first-order valence-electron chi connectivity index (χ1n) is 16.0. The average Bonchev–Trinajstić information content (AvgIpc) is 3.12. The molecular formula is C42H38O4P2+2. The fraction of sp³-hybridized carbons (Fsp3) is 0.0952. The zero-order valence-corrected chi connectivity index (χ0v) is 28.9. The zero-order valence-electron chi connectivity index (χ0n) is 27.1. The Morgan fingerprint density at radius 2 is 0.604 bits per heavy atom. The standard InChI is InChI=1S/C42H38O4P2/c1-33(43)45-35-23-27-41(28-24-35)47(37-15-7-3-8-16-37,38-17-9-4-10-18-38)31-32-48(39-19-11-5-12-20-39,40-21-13-6-14-22-40)42-29-25-36(26-30-42)46-34(2)44/h3-30H,31-32H2,1-2H3/q+2. The fourth-order valence-corrected chi connectivity index (χ4v) is 16.3. The van der Waals surface area contributed by atoms with Gasteiger partial charge in [-0.3, -0.25) is 9.59 Å². The molecule has 0 heterocycles. The van der Waals surface area contributed by atoms with Crippen molar-refractivity contribution >= 4 is 58.3 Å². The lowest BCUT2D eigenvalue weighted by atomic mass is 10.3. The van der Waals surface area contributed by atoms with Crippen LogP contribution in [0.2, 0.25) is 0 Å². The van der Waals surface area contributed by atoms with E-state index in [2.05, 4.69) is 146 Å². The van der Waals surface area contributed by atoms with Crippen LogP contribution in [0, 0.1) is 0 Å². The van der Waals surface area contributed by atoms with Crippen LogP contribution in [0.25, 0.3) is 0 Å². The van der Waals surface area contributed by atoms with Crippen LogP contribution < -0.4 is 41.3 Å². The molecule has 0 spiro atoms. The maximum absolute atomic E-state index is 11.8. The molecule has 0 saturated carbocycles. The van der Waals surface area contributed by atoms with Gasteiger partial charge in [0, 0.05) is 13.8 Å². The second kappa shape index (κ2) is 14.9. The monoisotopic (exact) mass is 668 g/mol. The quantitative estimate of drug-likeness (QED) is 0.0864. The van der Waals surface area contributed by atoms with Gasteiger partial charge in [-0.25, -0.2) is 0 Å². The molecule has 0 radical (unpaired) electrons. The molecule has 0 N–H and O–H groups in total. The van der Waals surface area contributed by atoms with Crippen LogP contribution >= 0.6 is 14.5 Å². The van der Waals surface area contributed by atoms with Crippen LogP contribution in [0.4, 0.5) is 0 Å². The van der Waals surface area contributed by atoms with Gasteiger partial charge >= 0.3 is 11.9 Å². The van der Waals surface area contributed by atoms with E-state index in [1.807, 2.05) is 24.3 Å². The van der Waals surface area contributed by atoms with Crippen LogP contribution in [-0.2, 0) is 9.59 Å². The minimum absolute atomic E-state index is 0.338. The second-order valence-corrected chi connectivity index (χ2v) is 18.8. The van der Waals surface area contributed by atoms with Gasteiger partial charge in [0.25, 0.3) is 0 Å². The largest absolute Gasteiger partial charge is 0.427 e. The molecule has 0 amide bonds. The normalized spacial score (nSPS) is 11.5. The van der Waals surface area contributed by atoms with Crippen molar-refractivity contribution < 1.29 is 19.1 Å². The molecule has 0 unspecified atom stereocenters. The summed E-state index contributed by atoms with van der Waals surface area (Å²) in [7, 11) is -4.55. The molecule has 0 bridgehead atoms. The predicted molar refractivity (Wildman–Crippen MR) is 203 cm³/mol. The molecule has 6 heteroatoms. The summed E-state index contributed by atoms with van der Waals surface area (Å²) in [6.45, 7) is 2.85. The molecule has 6 aromatic carbocycles. The van der Waals surface area contributed by atoms with Crippen LogP contribution in [0.5, 0.6) is 11.5 Å². The lowest BCUT2D eigenvalue weighted by Gasteiger charge is -2.32. The number of ether oxygens (including phenoxy) is 2. The van der Waals surface area contributed by atoms with E-state index in [0.29, 0.717) is 11.5 Å². The summed E-state index contributed by atoms with van der Waals surface area (Å²) >= 11 is 0. The third kappa shape index (κ3) is 6.87. The van der Waals surface area contributed by atoms with E-state index < -0.39 is 14.5 Å². The van der Waals surface area contributed by atoms with Crippen molar-refractivity contribution in [3.63, 3.8) is 0 Å². The highest BCUT2D eigenvalue weighted by Gasteiger charge is 2.52. The van der Waals surface area contributed by atoms with Gasteiger partial charge in [0.1, 0.15) is 70.2 Å². The molecule has 0 aliphatic carbocycles. The minimum atomic E-state index is -2.28. The van der Waals surface area contributed by atoms with Crippen molar-refractivity contribution in [1.82, 2.24) is 0 Å². The van der Waals surface area contributed by atoms with Gasteiger partial charge in [0.15, 0.2) is 0 Å².